The predicted molar refractivity (Wildman–Crippen MR) is 87.7 cm³/mol. The first-order chi connectivity index (χ1) is 9.21. The van der Waals surface area contributed by atoms with Crippen LogP contribution in [0.2, 0.25) is 17.7 Å². The quantitative estimate of drug-likeness (QED) is 0.783. The summed E-state index contributed by atoms with van der Waals surface area (Å²) >= 11 is 6.43. The largest absolute Gasteiger partial charge is 0.508 e. The van der Waals surface area contributed by atoms with Gasteiger partial charge in [-0.1, -0.05) is 57.4 Å². The Morgan fingerprint density at radius 2 is 1.65 bits per heavy atom. The van der Waals surface area contributed by atoms with Gasteiger partial charge < -0.3 is 5.11 Å². The molecule has 20 heavy (non-hydrogen) atoms. The van der Waals surface area contributed by atoms with Gasteiger partial charge in [-0.05, 0) is 47.3 Å². The molecule has 2 aliphatic rings. The molecule has 3 heteroatoms. The Kier molecular flexibility index (Phi) is 3.17. The number of aromatic hydroxyl groups is 1. The fourth-order valence-corrected chi connectivity index (χ4v) is 4.22. The first-order valence-corrected chi connectivity index (χ1v) is 8.11. The number of halogens is 1. The third-order valence-corrected chi connectivity index (χ3v) is 6.23. The van der Waals surface area contributed by atoms with Crippen LogP contribution in [-0.2, 0) is 0 Å². The summed E-state index contributed by atoms with van der Waals surface area (Å²) in [5.74, 6) is 0.946. The summed E-state index contributed by atoms with van der Waals surface area (Å²) in [6.07, 6.45) is 4.85. The molecule has 0 atom stereocenters. The molecule has 1 nitrogen and oxygen atoms in total. The standard InChI is InChI=1S/C17H24BClO/c1-16(2)9-18(10-17(16,3)4)13-7-12(20)8-14(19)15(13)11-5-6-11/h7-8,11,20H,5-6,9-10H2,1-4H3. The van der Waals surface area contributed by atoms with Crippen LogP contribution in [0.4, 0.5) is 0 Å². The molecular formula is C17H24BClO. The van der Waals surface area contributed by atoms with Crippen LogP contribution < -0.4 is 5.46 Å². The molecule has 0 unspecified atom stereocenters. The van der Waals surface area contributed by atoms with Gasteiger partial charge in [-0.2, -0.15) is 0 Å². The highest BCUT2D eigenvalue weighted by Crippen LogP contribution is 2.53. The maximum Gasteiger partial charge on any atom is 0.177 e. The lowest BCUT2D eigenvalue weighted by Crippen LogP contribution is -2.31. The predicted octanol–water partition coefficient (Wildman–Crippen LogP) is 4.69. The van der Waals surface area contributed by atoms with Crippen LogP contribution in [0.15, 0.2) is 12.1 Å². The van der Waals surface area contributed by atoms with E-state index >= 15 is 0 Å². The molecule has 1 aliphatic heterocycles. The summed E-state index contributed by atoms with van der Waals surface area (Å²) in [6.45, 7) is 10.0. The molecule has 0 amide bonds. The molecule has 1 N–H and O–H groups in total. The zero-order valence-corrected chi connectivity index (χ0v) is 13.7. The highest BCUT2D eigenvalue weighted by Gasteiger charge is 2.49. The molecule has 108 valence electrons. The minimum atomic E-state index is 0.317. The SMILES string of the molecule is CC1(C)CB(c2cc(O)cc(Cl)c2C2CC2)CC1(C)C. The van der Waals surface area contributed by atoms with E-state index < -0.39 is 0 Å². The first kappa shape index (κ1) is 14.3. The van der Waals surface area contributed by atoms with Crippen LogP contribution in [-0.4, -0.2) is 11.8 Å². The van der Waals surface area contributed by atoms with E-state index in [1.54, 1.807) is 6.07 Å². The van der Waals surface area contributed by atoms with Gasteiger partial charge >= 0.3 is 0 Å². The molecule has 0 bridgehead atoms. The Morgan fingerprint density at radius 1 is 1.10 bits per heavy atom. The van der Waals surface area contributed by atoms with Gasteiger partial charge in [-0.25, -0.2) is 0 Å². The van der Waals surface area contributed by atoms with E-state index in [-0.39, 0.29) is 0 Å². The van der Waals surface area contributed by atoms with Crippen LogP contribution in [0.25, 0.3) is 0 Å². The molecule has 1 heterocycles. The van der Waals surface area contributed by atoms with Gasteiger partial charge in [0.25, 0.3) is 0 Å². The van der Waals surface area contributed by atoms with Gasteiger partial charge in [0.1, 0.15) is 5.75 Å². The number of phenolic OH excluding ortho intramolecular Hbond substituents is 1. The molecule has 1 aromatic rings. The van der Waals surface area contributed by atoms with Crippen LogP contribution in [0.3, 0.4) is 0 Å². The van der Waals surface area contributed by atoms with E-state index in [0.717, 1.165) is 5.02 Å². The molecule has 1 aromatic carbocycles. The highest BCUT2D eigenvalue weighted by molar-refractivity contribution is 6.75. The average Bonchev–Trinajstić information content (AvgIpc) is 3.06. The summed E-state index contributed by atoms with van der Waals surface area (Å²) < 4.78 is 0. The normalized spacial score (nSPS) is 24.1. The molecule has 1 saturated carbocycles. The van der Waals surface area contributed by atoms with E-state index in [0.29, 0.717) is 29.2 Å². The lowest BCUT2D eigenvalue weighted by Gasteiger charge is -2.35. The van der Waals surface area contributed by atoms with Crippen molar-refractivity contribution in [3.8, 4) is 5.75 Å². The lowest BCUT2D eigenvalue weighted by atomic mass is 9.41. The molecule has 1 saturated heterocycles. The Labute approximate surface area is 127 Å². The number of rotatable bonds is 2. The number of hydrogen-bond donors (Lipinski definition) is 1. The van der Waals surface area contributed by atoms with Crippen LogP contribution in [0.1, 0.15) is 52.0 Å². The van der Waals surface area contributed by atoms with Crippen molar-refractivity contribution >= 4 is 23.8 Å². The molecule has 0 aromatic heterocycles. The third-order valence-electron chi connectivity index (χ3n) is 5.92. The second-order valence-electron chi connectivity index (χ2n) is 8.08. The van der Waals surface area contributed by atoms with Gasteiger partial charge in [0.2, 0.25) is 0 Å². The Balaban J connectivity index is 2.03. The van der Waals surface area contributed by atoms with E-state index in [9.17, 15) is 5.11 Å². The summed E-state index contributed by atoms with van der Waals surface area (Å²) in [7, 11) is 0. The summed E-state index contributed by atoms with van der Waals surface area (Å²) in [5, 5.41) is 10.7. The lowest BCUT2D eigenvalue weighted by molar-refractivity contribution is 0.177. The monoisotopic (exact) mass is 290 g/mol. The van der Waals surface area contributed by atoms with Crippen LogP contribution in [0.5, 0.6) is 5.75 Å². The average molecular weight is 291 g/mol. The molecule has 2 fully saturated rings. The van der Waals surface area contributed by atoms with Gasteiger partial charge in [0.15, 0.2) is 6.71 Å². The molecule has 3 rings (SSSR count). The topological polar surface area (TPSA) is 20.2 Å². The summed E-state index contributed by atoms with van der Waals surface area (Å²) in [5.41, 5.74) is 3.30. The van der Waals surface area contributed by atoms with E-state index in [4.69, 9.17) is 11.6 Å². The van der Waals surface area contributed by atoms with Crippen molar-refractivity contribution in [1.29, 1.82) is 0 Å². The molecular weight excluding hydrogens is 266 g/mol. The highest BCUT2D eigenvalue weighted by atomic mass is 35.5. The minimum absolute atomic E-state index is 0.317. The number of phenols is 1. The maximum absolute atomic E-state index is 9.96. The summed E-state index contributed by atoms with van der Waals surface area (Å²) in [4.78, 5) is 0. The van der Waals surface area contributed by atoms with Gasteiger partial charge in [-0.15, -0.1) is 0 Å². The molecule has 0 radical (unpaired) electrons. The molecule has 0 spiro atoms. The third kappa shape index (κ3) is 2.26. The number of benzene rings is 1. The van der Waals surface area contributed by atoms with Crippen molar-refractivity contribution in [2.45, 2.75) is 59.1 Å². The van der Waals surface area contributed by atoms with Crippen molar-refractivity contribution in [3.05, 3.63) is 22.7 Å². The zero-order chi connectivity index (χ0) is 14.7. The smallest absolute Gasteiger partial charge is 0.177 e. The fraction of sp³-hybridized carbons (Fsp3) is 0.647. The fourth-order valence-electron chi connectivity index (χ4n) is 3.84. The van der Waals surface area contributed by atoms with Crippen LogP contribution >= 0.6 is 11.6 Å². The maximum atomic E-state index is 9.96. The number of hydrogen-bond acceptors (Lipinski definition) is 1. The second-order valence-corrected chi connectivity index (χ2v) is 8.48. The van der Waals surface area contributed by atoms with Gasteiger partial charge in [0.05, 0.1) is 0 Å². The Bertz CT molecular complexity index is 530. The van der Waals surface area contributed by atoms with Crippen molar-refractivity contribution in [3.63, 3.8) is 0 Å². The van der Waals surface area contributed by atoms with Crippen molar-refractivity contribution in [2.24, 2.45) is 10.8 Å². The van der Waals surface area contributed by atoms with Crippen molar-refractivity contribution < 1.29 is 5.11 Å². The van der Waals surface area contributed by atoms with E-state index in [1.807, 2.05) is 6.07 Å². The van der Waals surface area contributed by atoms with E-state index in [1.165, 1.54) is 36.5 Å². The first-order valence-electron chi connectivity index (χ1n) is 7.73. The summed E-state index contributed by atoms with van der Waals surface area (Å²) in [6, 6.07) is 3.69. The molecule has 1 aliphatic carbocycles. The van der Waals surface area contributed by atoms with Crippen molar-refractivity contribution in [1.82, 2.24) is 0 Å². The second kappa shape index (κ2) is 4.43. The Morgan fingerprint density at radius 3 is 2.15 bits per heavy atom. The van der Waals surface area contributed by atoms with Crippen molar-refractivity contribution in [2.75, 3.05) is 0 Å². The van der Waals surface area contributed by atoms with Gasteiger partial charge in [0, 0.05) is 5.02 Å². The van der Waals surface area contributed by atoms with E-state index in [2.05, 4.69) is 27.7 Å². The Hall–Kier alpha value is -0.625. The minimum Gasteiger partial charge on any atom is -0.508 e. The van der Waals surface area contributed by atoms with Gasteiger partial charge in [-0.3, -0.25) is 0 Å². The van der Waals surface area contributed by atoms with Crippen LogP contribution in [0, 0.1) is 10.8 Å². The zero-order valence-electron chi connectivity index (χ0n) is 13.0.